The molecule has 144 valence electrons. The summed E-state index contributed by atoms with van der Waals surface area (Å²) in [4.78, 5) is 12.3. The van der Waals surface area contributed by atoms with E-state index in [-0.39, 0.29) is 25.3 Å². The molecular weight excluding hydrogens is 353 g/mol. The van der Waals surface area contributed by atoms with Gasteiger partial charge < -0.3 is 4.90 Å². The number of nitrogens with zero attached hydrogens (tertiary/aromatic N) is 4. The normalized spacial score (nSPS) is 25.3. The van der Waals surface area contributed by atoms with Crippen LogP contribution in [0, 0.1) is 18.2 Å². The van der Waals surface area contributed by atoms with E-state index in [1.165, 1.54) is 18.3 Å². The third-order valence-electron chi connectivity index (χ3n) is 5.77. The number of hydrogen-bond donors (Lipinski definition) is 0. The van der Waals surface area contributed by atoms with Crippen molar-refractivity contribution in [2.45, 2.75) is 32.2 Å². The molecule has 4 nitrogen and oxygen atoms in total. The van der Waals surface area contributed by atoms with Gasteiger partial charge in [-0.2, -0.15) is 0 Å². The fourth-order valence-electron chi connectivity index (χ4n) is 4.33. The number of hydrogen-bond acceptors (Lipinski definition) is 4. The smallest absolute Gasteiger partial charge is 0.257 e. The Labute approximate surface area is 157 Å². The molecule has 0 N–H and O–H groups in total. The van der Waals surface area contributed by atoms with Gasteiger partial charge in [0.15, 0.2) is 11.6 Å². The fourth-order valence-corrected chi connectivity index (χ4v) is 4.33. The van der Waals surface area contributed by atoms with Crippen molar-refractivity contribution in [2.24, 2.45) is 5.41 Å². The van der Waals surface area contributed by atoms with Crippen LogP contribution in [0.4, 0.5) is 19.0 Å². The topological polar surface area (TPSA) is 32.3 Å². The molecule has 2 aromatic rings. The minimum absolute atomic E-state index is 0.117. The summed E-state index contributed by atoms with van der Waals surface area (Å²) in [5.41, 5.74) is 0.627. The molecule has 2 aliphatic heterocycles. The zero-order chi connectivity index (χ0) is 19.1. The monoisotopic (exact) mass is 376 g/mol. The van der Waals surface area contributed by atoms with Gasteiger partial charge >= 0.3 is 0 Å². The van der Waals surface area contributed by atoms with Crippen LogP contribution in [-0.4, -0.2) is 47.0 Å². The molecule has 0 aromatic carbocycles. The van der Waals surface area contributed by atoms with E-state index in [4.69, 9.17) is 0 Å². The third kappa shape index (κ3) is 3.40. The lowest BCUT2D eigenvalue weighted by molar-refractivity contribution is -0.159. The molecule has 27 heavy (non-hydrogen) atoms. The Hall–Kier alpha value is -2.15. The van der Waals surface area contributed by atoms with Crippen molar-refractivity contribution in [3.05, 3.63) is 53.7 Å². The second kappa shape index (κ2) is 6.78. The maximum atomic E-state index is 14.9. The first-order valence-electron chi connectivity index (χ1n) is 9.27. The van der Waals surface area contributed by atoms with Gasteiger partial charge in [-0.3, -0.25) is 9.88 Å². The SMILES string of the molecule is Cc1cccc(CN2CCC(F)(F)[C@@]3(CCN(c4ncccc4F)C3)C2)n1. The highest BCUT2D eigenvalue weighted by atomic mass is 19.3. The van der Waals surface area contributed by atoms with Crippen LogP contribution < -0.4 is 4.90 Å². The van der Waals surface area contributed by atoms with Crippen LogP contribution in [0.5, 0.6) is 0 Å². The number of likely N-dealkylation sites (tertiary alicyclic amines) is 1. The minimum Gasteiger partial charge on any atom is -0.353 e. The first kappa shape index (κ1) is 18.2. The summed E-state index contributed by atoms with van der Waals surface area (Å²) in [6.07, 6.45) is 1.64. The highest BCUT2D eigenvalue weighted by Gasteiger charge is 2.59. The molecule has 2 aromatic heterocycles. The Bertz CT molecular complexity index is 828. The largest absolute Gasteiger partial charge is 0.353 e. The average molecular weight is 376 g/mol. The summed E-state index contributed by atoms with van der Waals surface area (Å²) in [5.74, 6) is -3.07. The summed E-state index contributed by atoms with van der Waals surface area (Å²) in [5, 5.41) is 0. The van der Waals surface area contributed by atoms with E-state index in [0.717, 1.165) is 11.4 Å². The highest BCUT2D eigenvalue weighted by Crippen LogP contribution is 2.50. The Morgan fingerprint density at radius 1 is 1.07 bits per heavy atom. The van der Waals surface area contributed by atoms with Crippen LogP contribution in [0.25, 0.3) is 0 Å². The Morgan fingerprint density at radius 3 is 2.70 bits per heavy atom. The number of alkyl halides is 2. The first-order valence-corrected chi connectivity index (χ1v) is 9.27. The molecule has 0 radical (unpaired) electrons. The minimum atomic E-state index is -2.77. The van der Waals surface area contributed by atoms with Crippen LogP contribution in [0.3, 0.4) is 0 Å². The van der Waals surface area contributed by atoms with E-state index in [1.54, 1.807) is 4.90 Å². The van der Waals surface area contributed by atoms with Gasteiger partial charge in [0.25, 0.3) is 5.92 Å². The van der Waals surface area contributed by atoms with Gasteiger partial charge in [0.1, 0.15) is 0 Å². The molecule has 0 saturated carbocycles. The number of anilines is 1. The van der Waals surface area contributed by atoms with Gasteiger partial charge in [0.2, 0.25) is 0 Å². The van der Waals surface area contributed by atoms with Crippen LogP contribution in [0.2, 0.25) is 0 Å². The lowest BCUT2D eigenvalue weighted by atomic mass is 9.75. The number of piperidine rings is 1. The van der Waals surface area contributed by atoms with Crippen molar-refractivity contribution < 1.29 is 13.2 Å². The van der Waals surface area contributed by atoms with E-state index < -0.39 is 17.2 Å². The van der Waals surface area contributed by atoms with Gasteiger partial charge in [0, 0.05) is 51.0 Å². The molecule has 0 bridgehead atoms. The third-order valence-corrected chi connectivity index (χ3v) is 5.77. The van der Waals surface area contributed by atoms with Gasteiger partial charge in [-0.25, -0.2) is 18.2 Å². The van der Waals surface area contributed by atoms with E-state index >= 15 is 0 Å². The summed E-state index contributed by atoms with van der Waals surface area (Å²) < 4.78 is 44.0. The number of pyridine rings is 2. The van der Waals surface area contributed by atoms with Crippen molar-refractivity contribution >= 4 is 5.82 Å². The Balaban J connectivity index is 1.54. The zero-order valence-corrected chi connectivity index (χ0v) is 15.3. The van der Waals surface area contributed by atoms with Crippen molar-refractivity contribution in [1.82, 2.24) is 14.9 Å². The quantitative estimate of drug-likeness (QED) is 0.818. The highest BCUT2D eigenvalue weighted by molar-refractivity contribution is 5.42. The van der Waals surface area contributed by atoms with E-state index in [1.807, 2.05) is 25.1 Å². The molecule has 1 spiro atoms. The molecule has 7 heteroatoms. The summed E-state index contributed by atoms with van der Waals surface area (Å²) >= 11 is 0. The predicted molar refractivity (Wildman–Crippen MR) is 97.3 cm³/mol. The number of halogens is 3. The van der Waals surface area contributed by atoms with Crippen LogP contribution >= 0.6 is 0 Å². The van der Waals surface area contributed by atoms with E-state index in [9.17, 15) is 13.2 Å². The molecular formula is C20H23F3N4. The van der Waals surface area contributed by atoms with Gasteiger partial charge in [0.05, 0.1) is 11.1 Å². The second-order valence-corrected chi connectivity index (χ2v) is 7.70. The number of aromatic nitrogens is 2. The van der Waals surface area contributed by atoms with Crippen LogP contribution in [0.1, 0.15) is 24.2 Å². The van der Waals surface area contributed by atoms with E-state index in [0.29, 0.717) is 26.1 Å². The maximum absolute atomic E-state index is 14.9. The van der Waals surface area contributed by atoms with Crippen molar-refractivity contribution in [2.75, 3.05) is 31.1 Å². The molecule has 2 aliphatic rings. The lowest BCUT2D eigenvalue weighted by Crippen LogP contribution is -2.56. The predicted octanol–water partition coefficient (Wildman–Crippen LogP) is 3.66. The van der Waals surface area contributed by atoms with Crippen molar-refractivity contribution in [3.8, 4) is 0 Å². The first-order chi connectivity index (χ1) is 12.9. The average Bonchev–Trinajstić information content (AvgIpc) is 3.04. The lowest BCUT2D eigenvalue weighted by Gasteiger charge is -2.45. The van der Waals surface area contributed by atoms with Gasteiger partial charge in [-0.05, 0) is 37.6 Å². The van der Waals surface area contributed by atoms with Gasteiger partial charge in [-0.15, -0.1) is 0 Å². The molecule has 0 amide bonds. The molecule has 2 saturated heterocycles. The Kier molecular flexibility index (Phi) is 4.58. The van der Waals surface area contributed by atoms with Gasteiger partial charge in [-0.1, -0.05) is 6.07 Å². The molecule has 4 rings (SSSR count). The van der Waals surface area contributed by atoms with E-state index in [2.05, 4.69) is 14.9 Å². The Morgan fingerprint density at radius 2 is 1.93 bits per heavy atom. The molecule has 2 fully saturated rings. The standard InChI is InChI=1S/C20H23F3N4/c1-15-4-2-5-16(25-15)12-26-10-8-20(22,23)19(13-26)7-11-27(14-19)18-17(21)6-3-9-24-18/h2-6,9H,7-8,10-14H2,1H3/t19-/m0/s1. The van der Waals surface area contributed by atoms with Crippen molar-refractivity contribution in [3.63, 3.8) is 0 Å². The van der Waals surface area contributed by atoms with Crippen LogP contribution in [-0.2, 0) is 6.54 Å². The maximum Gasteiger partial charge on any atom is 0.257 e. The molecule has 0 aliphatic carbocycles. The summed E-state index contributed by atoms with van der Waals surface area (Å²) in [7, 11) is 0. The fraction of sp³-hybridized carbons (Fsp3) is 0.500. The summed E-state index contributed by atoms with van der Waals surface area (Å²) in [6.45, 7) is 3.59. The number of rotatable bonds is 3. The number of aryl methyl sites for hydroxylation is 1. The van der Waals surface area contributed by atoms with Crippen molar-refractivity contribution in [1.29, 1.82) is 0 Å². The molecule has 1 atom stereocenters. The molecule has 0 unspecified atom stereocenters. The van der Waals surface area contributed by atoms with Crippen LogP contribution in [0.15, 0.2) is 36.5 Å². The second-order valence-electron chi connectivity index (χ2n) is 7.70. The molecule has 4 heterocycles. The zero-order valence-electron chi connectivity index (χ0n) is 15.3. The summed E-state index contributed by atoms with van der Waals surface area (Å²) in [6, 6.07) is 8.62.